The Balaban J connectivity index is 1.51. The van der Waals surface area contributed by atoms with Gasteiger partial charge in [-0.3, -0.25) is 14.4 Å². The summed E-state index contributed by atoms with van der Waals surface area (Å²) in [5, 5.41) is 5.90. The van der Waals surface area contributed by atoms with Crippen molar-refractivity contribution in [3.63, 3.8) is 0 Å². The summed E-state index contributed by atoms with van der Waals surface area (Å²) in [6.45, 7) is 6.28. The van der Waals surface area contributed by atoms with E-state index in [4.69, 9.17) is 4.42 Å². The largest absolute Gasteiger partial charge is 0.459 e. The molecule has 0 fully saturated rings. The number of hydrogen-bond acceptors (Lipinski definition) is 4. The first-order valence-electron chi connectivity index (χ1n) is 11.4. The van der Waals surface area contributed by atoms with Crippen LogP contribution >= 0.6 is 0 Å². The molecule has 34 heavy (non-hydrogen) atoms. The number of carbonyl (C=O) groups is 3. The number of fused-ring (bicyclic) bond motifs is 1. The fourth-order valence-electron chi connectivity index (χ4n) is 3.91. The van der Waals surface area contributed by atoms with Crippen LogP contribution in [0.25, 0.3) is 0 Å². The number of carbonyl (C=O) groups excluding carboxylic acids is 3. The van der Waals surface area contributed by atoms with Gasteiger partial charge in [0.15, 0.2) is 5.76 Å². The Morgan fingerprint density at radius 3 is 2.35 bits per heavy atom. The third-order valence-corrected chi connectivity index (χ3v) is 6.29. The summed E-state index contributed by atoms with van der Waals surface area (Å²) in [5.74, 6) is -0.588. The molecule has 1 aromatic heterocycles. The van der Waals surface area contributed by atoms with Crippen molar-refractivity contribution >= 4 is 23.4 Å². The maximum Gasteiger partial charge on any atom is 0.290 e. The van der Waals surface area contributed by atoms with Gasteiger partial charge in [0.2, 0.25) is 5.91 Å². The average Bonchev–Trinajstić information content (AvgIpc) is 3.38. The monoisotopic (exact) mass is 459 g/mol. The molecule has 2 N–H and O–H groups in total. The normalized spacial score (nSPS) is 15.4. The molecule has 2 aromatic carbocycles. The zero-order valence-corrected chi connectivity index (χ0v) is 19.6. The van der Waals surface area contributed by atoms with E-state index in [-0.39, 0.29) is 29.0 Å². The summed E-state index contributed by atoms with van der Waals surface area (Å²) < 4.78 is 5.30. The van der Waals surface area contributed by atoms with E-state index in [0.717, 1.165) is 17.5 Å². The summed E-state index contributed by atoms with van der Waals surface area (Å²) >= 11 is 0. The molecule has 0 saturated heterocycles. The van der Waals surface area contributed by atoms with Crippen LogP contribution in [-0.2, 0) is 17.8 Å². The second-order valence-corrected chi connectivity index (χ2v) is 9.16. The molecule has 0 bridgehead atoms. The van der Waals surface area contributed by atoms with Crippen molar-refractivity contribution < 1.29 is 18.8 Å². The van der Waals surface area contributed by atoms with Gasteiger partial charge in [0.1, 0.15) is 6.04 Å². The minimum atomic E-state index is -0.694. The van der Waals surface area contributed by atoms with Gasteiger partial charge in [0, 0.05) is 29.8 Å². The van der Waals surface area contributed by atoms with Gasteiger partial charge in [-0.25, -0.2) is 0 Å². The molecule has 1 atom stereocenters. The molecule has 2 heterocycles. The SMILES string of the molecule is CCC(C)(C)NC(=O)c1ccc(NC(=O)C2Cc3ccccc3CN2C(=O)c2ccco2)cc1. The Hall–Kier alpha value is -3.87. The van der Waals surface area contributed by atoms with Crippen molar-refractivity contribution in [2.24, 2.45) is 0 Å². The molecule has 176 valence electrons. The van der Waals surface area contributed by atoms with E-state index in [2.05, 4.69) is 10.6 Å². The van der Waals surface area contributed by atoms with Gasteiger partial charge in [-0.1, -0.05) is 31.2 Å². The molecule has 1 unspecified atom stereocenters. The maximum absolute atomic E-state index is 13.3. The highest BCUT2D eigenvalue weighted by Crippen LogP contribution is 2.26. The number of rotatable bonds is 6. The first-order chi connectivity index (χ1) is 16.3. The van der Waals surface area contributed by atoms with E-state index in [0.29, 0.717) is 24.2 Å². The lowest BCUT2D eigenvalue weighted by atomic mass is 9.93. The van der Waals surface area contributed by atoms with Crippen LogP contribution in [0.15, 0.2) is 71.3 Å². The highest BCUT2D eigenvalue weighted by molar-refractivity contribution is 6.01. The second-order valence-electron chi connectivity index (χ2n) is 9.16. The van der Waals surface area contributed by atoms with Crippen LogP contribution in [-0.4, -0.2) is 34.2 Å². The van der Waals surface area contributed by atoms with Crippen molar-refractivity contribution in [3.8, 4) is 0 Å². The Labute approximate surface area is 199 Å². The van der Waals surface area contributed by atoms with Gasteiger partial charge < -0.3 is 20.0 Å². The molecule has 0 saturated carbocycles. The highest BCUT2D eigenvalue weighted by Gasteiger charge is 2.36. The Bertz CT molecular complexity index is 1180. The highest BCUT2D eigenvalue weighted by atomic mass is 16.3. The predicted octanol–water partition coefficient (Wildman–Crippen LogP) is 4.40. The smallest absolute Gasteiger partial charge is 0.290 e. The van der Waals surface area contributed by atoms with Gasteiger partial charge in [-0.05, 0) is 67.8 Å². The third-order valence-electron chi connectivity index (χ3n) is 6.29. The summed E-state index contributed by atoms with van der Waals surface area (Å²) in [6, 6.07) is 17.1. The van der Waals surface area contributed by atoms with Crippen LogP contribution < -0.4 is 10.6 Å². The summed E-state index contributed by atoms with van der Waals surface area (Å²) in [6.07, 6.45) is 2.66. The van der Waals surface area contributed by atoms with E-state index >= 15 is 0 Å². The Kier molecular flexibility index (Phi) is 6.54. The van der Waals surface area contributed by atoms with Gasteiger partial charge in [0.05, 0.1) is 6.26 Å². The van der Waals surface area contributed by atoms with Crippen LogP contribution in [0.4, 0.5) is 5.69 Å². The first-order valence-corrected chi connectivity index (χ1v) is 11.4. The number of nitrogens with one attached hydrogen (secondary N) is 2. The summed E-state index contributed by atoms with van der Waals surface area (Å²) in [5.41, 5.74) is 2.82. The van der Waals surface area contributed by atoms with E-state index in [1.807, 2.05) is 45.0 Å². The van der Waals surface area contributed by atoms with Crippen molar-refractivity contribution in [2.75, 3.05) is 5.32 Å². The molecule has 0 spiro atoms. The van der Waals surface area contributed by atoms with E-state index in [1.165, 1.54) is 6.26 Å². The van der Waals surface area contributed by atoms with Gasteiger partial charge >= 0.3 is 0 Å². The van der Waals surface area contributed by atoms with Crippen LogP contribution in [0.1, 0.15) is 59.2 Å². The topological polar surface area (TPSA) is 91.7 Å². The number of furan rings is 1. The molecule has 3 aromatic rings. The first kappa shape index (κ1) is 23.3. The number of benzene rings is 2. The summed E-state index contributed by atoms with van der Waals surface area (Å²) in [4.78, 5) is 40.4. The van der Waals surface area contributed by atoms with Crippen molar-refractivity contribution in [2.45, 2.75) is 51.7 Å². The maximum atomic E-state index is 13.3. The quantitative estimate of drug-likeness (QED) is 0.571. The number of anilines is 1. The zero-order valence-electron chi connectivity index (χ0n) is 19.6. The molecule has 1 aliphatic heterocycles. The van der Waals surface area contributed by atoms with E-state index < -0.39 is 6.04 Å². The van der Waals surface area contributed by atoms with E-state index in [1.54, 1.807) is 41.3 Å². The standard InChI is InChI=1S/C27H29N3O4/c1-4-27(2,3)29-24(31)18-11-13-21(14-12-18)28-25(32)22-16-19-8-5-6-9-20(19)17-30(22)26(33)23-10-7-15-34-23/h5-15,22H,4,16-17H2,1-3H3,(H,28,32)(H,29,31). The molecule has 7 heteroatoms. The lowest BCUT2D eigenvalue weighted by molar-refractivity contribution is -0.121. The zero-order chi connectivity index (χ0) is 24.3. The average molecular weight is 460 g/mol. The minimum Gasteiger partial charge on any atom is -0.459 e. The number of nitrogens with zero attached hydrogens (tertiary/aromatic N) is 1. The van der Waals surface area contributed by atoms with Crippen LogP contribution in [0.2, 0.25) is 0 Å². The van der Waals surface area contributed by atoms with Gasteiger partial charge in [0.25, 0.3) is 11.8 Å². The molecule has 4 rings (SSSR count). The third kappa shape index (κ3) is 5.03. The second kappa shape index (κ2) is 9.55. The number of hydrogen-bond donors (Lipinski definition) is 2. The molecule has 7 nitrogen and oxygen atoms in total. The lowest BCUT2D eigenvalue weighted by Crippen LogP contribution is -2.50. The van der Waals surface area contributed by atoms with Gasteiger partial charge in [-0.15, -0.1) is 0 Å². The van der Waals surface area contributed by atoms with Gasteiger partial charge in [-0.2, -0.15) is 0 Å². The fourth-order valence-corrected chi connectivity index (χ4v) is 3.91. The molecule has 0 aliphatic carbocycles. The van der Waals surface area contributed by atoms with Crippen molar-refractivity contribution in [3.05, 3.63) is 89.4 Å². The lowest BCUT2D eigenvalue weighted by Gasteiger charge is -2.35. The summed E-state index contributed by atoms with van der Waals surface area (Å²) in [7, 11) is 0. The molecule has 3 amide bonds. The fraction of sp³-hybridized carbons (Fsp3) is 0.296. The van der Waals surface area contributed by atoms with Crippen molar-refractivity contribution in [1.29, 1.82) is 0 Å². The van der Waals surface area contributed by atoms with Crippen LogP contribution in [0, 0.1) is 0 Å². The van der Waals surface area contributed by atoms with Crippen LogP contribution in [0.3, 0.4) is 0 Å². The van der Waals surface area contributed by atoms with Crippen LogP contribution in [0.5, 0.6) is 0 Å². The Morgan fingerprint density at radius 1 is 1.00 bits per heavy atom. The van der Waals surface area contributed by atoms with Crippen molar-refractivity contribution in [1.82, 2.24) is 10.2 Å². The molecular formula is C27H29N3O4. The number of amides is 3. The molecular weight excluding hydrogens is 430 g/mol. The predicted molar refractivity (Wildman–Crippen MR) is 129 cm³/mol. The minimum absolute atomic E-state index is 0.163. The Morgan fingerprint density at radius 2 is 1.71 bits per heavy atom. The molecule has 1 aliphatic rings. The van der Waals surface area contributed by atoms with E-state index in [9.17, 15) is 14.4 Å². The molecule has 0 radical (unpaired) electrons.